The lowest BCUT2D eigenvalue weighted by atomic mass is 9.90. The van der Waals surface area contributed by atoms with Gasteiger partial charge >= 0.3 is 0 Å². The molecular formula is C17H24BrN3O. The molecule has 0 saturated carbocycles. The molecule has 2 fully saturated rings. The van der Waals surface area contributed by atoms with Gasteiger partial charge in [-0.05, 0) is 44.0 Å². The molecule has 0 aliphatic carbocycles. The van der Waals surface area contributed by atoms with E-state index in [0.717, 1.165) is 29.7 Å². The molecule has 120 valence electrons. The van der Waals surface area contributed by atoms with Crippen LogP contribution in [0.15, 0.2) is 28.7 Å². The number of hydrogen-bond acceptors (Lipinski definition) is 3. The minimum atomic E-state index is -0.961. The zero-order valence-corrected chi connectivity index (χ0v) is 14.7. The Morgan fingerprint density at radius 2 is 1.95 bits per heavy atom. The Balaban J connectivity index is 1.73. The number of hydrogen-bond donors (Lipinski definition) is 1. The van der Waals surface area contributed by atoms with Crippen molar-refractivity contribution in [2.75, 3.05) is 26.2 Å². The number of halogens is 1. The van der Waals surface area contributed by atoms with Crippen LogP contribution in [0.4, 0.5) is 0 Å². The molecule has 22 heavy (non-hydrogen) atoms. The maximum absolute atomic E-state index is 13.0. The van der Waals surface area contributed by atoms with Crippen LogP contribution in [0.1, 0.15) is 31.7 Å². The van der Waals surface area contributed by atoms with Crippen LogP contribution in [0, 0.1) is 0 Å². The molecule has 5 heteroatoms. The third kappa shape index (κ3) is 3.07. The van der Waals surface area contributed by atoms with E-state index in [1.807, 2.05) is 36.1 Å². The normalized spacial score (nSPS) is 25.4. The summed E-state index contributed by atoms with van der Waals surface area (Å²) >= 11 is 3.42. The van der Waals surface area contributed by atoms with Crippen molar-refractivity contribution in [2.24, 2.45) is 5.73 Å². The Hall–Kier alpha value is -0.910. The molecule has 1 aromatic rings. The Morgan fingerprint density at radius 1 is 1.23 bits per heavy atom. The molecule has 1 amide bonds. The van der Waals surface area contributed by atoms with E-state index in [9.17, 15) is 4.79 Å². The second kappa shape index (κ2) is 6.30. The van der Waals surface area contributed by atoms with E-state index >= 15 is 0 Å². The van der Waals surface area contributed by atoms with Crippen LogP contribution in [0.3, 0.4) is 0 Å². The number of nitrogens with zero attached hydrogens (tertiary/aromatic N) is 2. The van der Waals surface area contributed by atoms with E-state index in [1.54, 1.807) is 0 Å². The molecule has 0 radical (unpaired) electrons. The smallest absolute Gasteiger partial charge is 0.247 e. The van der Waals surface area contributed by atoms with Gasteiger partial charge in [0.05, 0.1) is 0 Å². The molecule has 2 heterocycles. The fourth-order valence-electron chi connectivity index (χ4n) is 3.59. The van der Waals surface area contributed by atoms with Gasteiger partial charge < -0.3 is 10.6 Å². The van der Waals surface area contributed by atoms with E-state index in [0.29, 0.717) is 6.04 Å². The number of carbonyl (C=O) groups excluding carboxylic acids is 1. The number of piperidine rings is 1. The molecule has 2 N–H and O–H groups in total. The van der Waals surface area contributed by atoms with Crippen molar-refractivity contribution in [2.45, 2.75) is 37.8 Å². The maximum atomic E-state index is 13.0. The van der Waals surface area contributed by atoms with Gasteiger partial charge in [0.15, 0.2) is 0 Å². The average Bonchev–Trinajstić information content (AvgIpc) is 2.54. The summed E-state index contributed by atoms with van der Waals surface area (Å²) in [5.74, 6) is 0.0417. The van der Waals surface area contributed by atoms with Crippen molar-refractivity contribution in [3.8, 4) is 0 Å². The van der Waals surface area contributed by atoms with Crippen LogP contribution in [0.25, 0.3) is 0 Å². The fraction of sp³-hybridized carbons (Fsp3) is 0.588. The summed E-state index contributed by atoms with van der Waals surface area (Å²) < 4.78 is 0.996. The first-order valence-electron chi connectivity index (χ1n) is 8.07. The zero-order chi connectivity index (χ0) is 15.7. The molecule has 2 aliphatic rings. The van der Waals surface area contributed by atoms with Crippen LogP contribution < -0.4 is 5.73 Å². The van der Waals surface area contributed by atoms with Gasteiger partial charge in [-0.25, -0.2) is 0 Å². The Kier molecular flexibility index (Phi) is 4.57. The molecule has 2 saturated heterocycles. The standard InChI is InChI=1S/C17H24BrN3O/c1-17(19,13-5-7-14(18)8-6-13)16(22)21-11-10-20-9-3-2-4-15(20)12-21/h5-8,15H,2-4,9-12,19H2,1H3. The highest BCUT2D eigenvalue weighted by Crippen LogP contribution is 2.26. The first-order valence-corrected chi connectivity index (χ1v) is 8.86. The molecular weight excluding hydrogens is 342 g/mol. The van der Waals surface area contributed by atoms with Crippen molar-refractivity contribution in [1.82, 2.24) is 9.80 Å². The van der Waals surface area contributed by atoms with Crippen molar-refractivity contribution < 1.29 is 4.79 Å². The number of amides is 1. The molecule has 3 rings (SSSR count). The highest BCUT2D eigenvalue weighted by Gasteiger charge is 2.38. The fourth-order valence-corrected chi connectivity index (χ4v) is 3.85. The number of piperazine rings is 1. The van der Waals surface area contributed by atoms with Gasteiger partial charge in [0.1, 0.15) is 5.54 Å². The van der Waals surface area contributed by atoms with E-state index in [2.05, 4.69) is 20.8 Å². The molecule has 2 aliphatic heterocycles. The molecule has 4 nitrogen and oxygen atoms in total. The molecule has 0 aromatic heterocycles. The monoisotopic (exact) mass is 365 g/mol. The number of rotatable bonds is 2. The third-order valence-electron chi connectivity index (χ3n) is 5.01. The average molecular weight is 366 g/mol. The third-order valence-corrected chi connectivity index (χ3v) is 5.54. The van der Waals surface area contributed by atoms with Crippen molar-refractivity contribution in [1.29, 1.82) is 0 Å². The summed E-state index contributed by atoms with van der Waals surface area (Å²) in [4.78, 5) is 17.4. The van der Waals surface area contributed by atoms with Crippen LogP contribution in [-0.4, -0.2) is 47.9 Å². The summed E-state index contributed by atoms with van der Waals surface area (Å²) in [7, 11) is 0. The molecule has 2 atom stereocenters. The molecule has 2 unspecified atom stereocenters. The minimum absolute atomic E-state index is 0.0417. The lowest BCUT2D eigenvalue weighted by Crippen LogP contribution is -2.60. The summed E-state index contributed by atoms with van der Waals surface area (Å²) in [6, 6.07) is 8.25. The lowest BCUT2D eigenvalue weighted by Gasteiger charge is -2.45. The highest BCUT2D eigenvalue weighted by molar-refractivity contribution is 9.10. The topological polar surface area (TPSA) is 49.6 Å². The van der Waals surface area contributed by atoms with Gasteiger partial charge in [0.25, 0.3) is 0 Å². The van der Waals surface area contributed by atoms with Crippen molar-refractivity contribution in [3.63, 3.8) is 0 Å². The summed E-state index contributed by atoms with van der Waals surface area (Å²) in [5, 5.41) is 0. The van der Waals surface area contributed by atoms with Gasteiger partial charge in [0, 0.05) is 30.1 Å². The Bertz CT molecular complexity index is 543. The Morgan fingerprint density at radius 3 is 2.68 bits per heavy atom. The number of nitrogens with two attached hydrogens (primary N) is 1. The summed E-state index contributed by atoms with van der Waals surface area (Å²) in [6.45, 7) is 5.60. The molecule has 1 aromatic carbocycles. The number of fused-ring (bicyclic) bond motifs is 1. The van der Waals surface area contributed by atoms with Gasteiger partial charge in [-0.1, -0.05) is 34.5 Å². The maximum Gasteiger partial charge on any atom is 0.247 e. The highest BCUT2D eigenvalue weighted by atomic mass is 79.9. The minimum Gasteiger partial charge on any atom is -0.338 e. The van der Waals surface area contributed by atoms with E-state index in [1.165, 1.54) is 25.8 Å². The van der Waals surface area contributed by atoms with Crippen LogP contribution in [-0.2, 0) is 10.3 Å². The Labute approximate surface area is 140 Å². The molecule has 0 spiro atoms. The second-order valence-electron chi connectivity index (χ2n) is 6.65. The molecule has 0 bridgehead atoms. The first kappa shape index (κ1) is 16.0. The van der Waals surface area contributed by atoms with Gasteiger partial charge in [0.2, 0.25) is 5.91 Å². The predicted octanol–water partition coefficient (Wildman–Crippen LogP) is 2.32. The van der Waals surface area contributed by atoms with Crippen LogP contribution in [0.5, 0.6) is 0 Å². The van der Waals surface area contributed by atoms with Gasteiger partial charge in [-0.2, -0.15) is 0 Å². The summed E-state index contributed by atoms with van der Waals surface area (Å²) in [5.41, 5.74) is 6.32. The van der Waals surface area contributed by atoms with Crippen molar-refractivity contribution >= 4 is 21.8 Å². The quantitative estimate of drug-likeness (QED) is 0.874. The van der Waals surface area contributed by atoms with Crippen molar-refractivity contribution in [3.05, 3.63) is 34.3 Å². The number of benzene rings is 1. The van der Waals surface area contributed by atoms with E-state index in [4.69, 9.17) is 5.73 Å². The largest absolute Gasteiger partial charge is 0.338 e. The van der Waals surface area contributed by atoms with Gasteiger partial charge in [-0.15, -0.1) is 0 Å². The predicted molar refractivity (Wildman–Crippen MR) is 91.5 cm³/mol. The van der Waals surface area contributed by atoms with Crippen LogP contribution in [0.2, 0.25) is 0 Å². The lowest BCUT2D eigenvalue weighted by molar-refractivity contribution is -0.140. The van der Waals surface area contributed by atoms with E-state index < -0.39 is 5.54 Å². The first-order chi connectivity index (χ1) is 10.5. The van der Waals surface area contributed by atoms with Gasteiger partial charge in [-0.3, -0.25) is 9.69 Å². The zero-order valence-electron chi connectivity index (χ0n) is 13.1. The van der Waals surface area contributed by atoms with E-state index in [-0.39, 0.29) is 5.91 Å². The number of carbonyl (C=O) groups is 1. The SMILES string of the molecule is CC(N)(C(=O)N1CCN2CCCCC2C1)c1ccc(Br)cc1. The second-order valence-corrected chi connectivity index (χ2v) is 7.56. The van der Waals surface area contributed by atoms with Crippen LogP contribution >= 0.6 is 15.9 Å². The summed E-state index contributed by atoms with van der Waals surface area (Å²) in [6.07, 6.45) is 3.76.